The first-order valence-electron chi connectivity index (χ1n) is 9.34. The summed E-state index contributed by atoms with van der Waals surface area (Å²) >= 11 is 9.98. The Morgan fingerprint density at radius 2 is 1.91 bits per heavy atom. The van der Waals surface area contributed by atoms with Crippen molar-refractivity contribution in [2.24, 2.45) is 0 Å². The van der Waals surface area contributed by atoms with Crippen LogP contribution in [0.1, 0.15) is 16.7 Å². The van der Waals surface area contributed by atoms with Crippen LogP contribution in [0.5, 0.6) is 0 Å². The van der Waals surface area contributed by atoms with Crippen LogP contribution in [0.4, 0.5) is 36.4 Å². The molecule has 0 fully saturated rings. The highest BCUT2D eigenvalue weighted by atomic mass is 35.5. The average molecular weight is 481 g/mol. The van der Waals surface area contributed by atoms with Gasteiger partial charge in [0.1, 0.15) is 17.2 Å². The fourth-order valence-electron chi connectivity index (χ4n) is 2.76. The molecule has 0 saturated carbocycles. The standard InChI is InChI=1S/C21H20ClF3N6S/c1-13(32)31(2)19-15(4-3-9-26-19)11-27-18-17(21(23,24)25)12-28-20(30-18)29-16-7-5-14(10-22)6-8-16/h3-9,12,32H,1,10-11H2,2H3,(H2,27,28,29,30). The van der Waals surface area contributed by atoms with Crippen molar-refractivity contribution in [3.63, 3.8) is 0 Å². The van der Waals surface area contributed by atoms with E-state index in [9.17, 15) is 13.2 Å². The van der Waals surface area contributed by atoms with Gasteiger partial charge in [0.25, 0.3) is 0 Å². The maximum absolute atomic E-state index is 13.5. The molecule has 0 aliphatic carbocycles. The second-order valence-electron chi connectivity index (χ2n) is 6.72. The summed E-state index contributed by atoms with van der Waals surface area (Å²) in [6.07, 6.45) is -2.30. The zero-order chi connectivity index (χ0) is 23.3. The van der Waals surface area contributed by atoms with Crippen LogP contribution in [0.15, 0.2) is 60.4 Å². The first kappa shape index (κ1) is 23.7. The fourth-order valence-corrected chi connectivity index (χ4v) is 3.03. The van der Waals surface area contributed by atoms with Crippen molar-refractivity contribution in [2.45, 2.75) is 18.6 Å². The smallest absolute Gasteiger partial charge is 0.365 e. The first-order chi connectivity index (χ1) is 15.2. The van der Waals surface area contributed by atoms with E-state index in [1.54, 1.807) is 54.5 Å². The van der Waals surface area contributed by atoms with Crippen molar-refractivity contribution in [1.29, 1.82) is 0 Å². The summed E-state index contributed by atoms with van der Waals surface area (Å²) < 4.78 is 40.6. The zero-order valence-electron chi connectivity index (χ0n) is 17.0. The molecule has 0 bridgehead atoms. The molecule has 2 N–H and O–H groups in total. The number of aromatic nitrogens is 3. The van der Waals surface area contributed by atoms with Gasteiger partial charge in [-0.25, -0.2) is 9.97 Å². The molecule has 0 aliphatic heterocycles. The largest absolute Gasteiger partial charge is 0.421 e. The van der Waals surface area contributed by atoms with Gasteiger partial charge in [0, 0.05) is 43.1 Å². The second kappa shape index (κ2) is 10.1. The van der Waals surface area contributed by atoms with Gasteiger partial charge in [-0.15, -0.1) is 24.2 Å². The molecule has 3 rings (SSSR count). The Labute approximate surface area is 194 Å². The molecule has 168 valence electrons. The number of anilines is 4. The molecule has 2 heterocycles. The van der Waals surface area contributed by atoms with Gasteiger partial charge >= 0.3 is 6.18 Å². The highest BCUT2D eigenvalue weighted by Gasteiger charge is 2.35. The number of pyridine rings is 1. The lowest BCUT2D eigenvalue weighted by molar-refractivity contribution is -0.137. The van der Waals surface area contributed by atoms with Crippen molar-refractivity contribution in [2.75, 3.05) is 22.6 Å². The van der Waals surface area contributed by atoms with Gasteiger partial charge in [0.2, 0.25) is 5.95 Å². The van der Waals surface area contributed by atoms with Crippen molar-refractivity contribution < 1.29 is 13.2 Å². The highest BCUT2D eigenvalue weighted by Crippen LogP contribution is 2.34. The molecule has 11 heteroatoms. The number of nitrogens with one attached hydrogen (secondary N) is 2. The fraction of sp³-hybridized carbons (Fsp3) is 0.190. The van der Waals surface area contributed by atoms with E-state index in [2.05, 4.69) is 44.8 Å². The van der Waals surface area contributed by atoms with Crippen LogP contribution in [0.2, 0.25) is 0 Å². The van der Waals surface area contributed by atoms with E-state index < -0.39 is 11.7 Å². The molecule has 0 amide bonds. The number of rotatable bonds is 8. The molecular weight excluding hydrogens is 461 g/mol. The van der Waals surface area contributed by atoms with Crippen LogP contribution in [-0.2, 0) is 18.6 Å². The van der Waals surface area contributed by atoms with E-state index in [-0.39, 0.29) is 18.3 Å². The Balaban J connectivity index is 1.87. The molecule has 6 nitrogen and oxygen atoms in total. The molecule has 0 radical (unpaired) electrons. The van der Waals surface area contributed by atoms with Crippen LogP contribution in [0, 0.1) is 0 Å². The van der Waals surface area contributed by atoms with E-state index in [0.29, 0.717) is 28.0 Å². The van der Waals surface area contributed by atoms with Gasteiger partial charge in [-0.05, 0) is 23.8 Å². The molecule has 2 aromatic heterocycles. The topological polar surface area (TPSA) is 66.0 Å². The third-order valence-electron chi connectivity index (χ3n) is 4.48. The van der Waals surface area contributed by atoms with Crippen molar-refractivity contribution >= 4 is 47.5 Å². The molecule has 1 aromatic carbocycles. The summed E-state index contributed by atoms with van der Waals surface area (Å²) in [6.45, 7) is 3.78. The molecular formula is C21H20ClF3N6S. The van der Waals surface area contributed by atoms with E-state index in [1.807, 2.05) is 0 Å². The first-order valence-corrected chi connectivity index (χ1v) is 10.3. The summed E-state index contributed by atoms with van der Waals surface area (Å²) in [7, 11) is 1.71. The number of benzene rings is 1. The van der Waals surface area contributed by atoms with Crippen molar-refractivity contribution in [1.82, 2.24) is 15.0 Å². The minimum Gasteiger partial charge on any atom is -0.365 e. The quantitative estimate of drug-likeness (QED) is 0.279. The molecule has 0 unspecified atom stereocenters. The van der Waals surface area contributed by atoms with Crippen LogP contribution in [-0.4, -0.2) is 22.0 Å². The number of thiol groups is 1. The second-order valence-corrected chi connectivity index (χ2v) is 7.51. The summed E-state index contributed by atoms with van der Waals surface area (Å²) in [5.74, 6) is 0.540. The lowest BCUT2D eigenvalue weighted by atomic mass is 10.2. The molecule has 0 spiro atoms. The van der Waals surface area contributed by atoms with Gasteiger partial charge in [-0.1, -0.05) is 24.8 Å². The van der Waals surface area contributed by atoms with Gasteiger partial charge in [0.05, 0.1) is 5.03 Å². The number of alkyl halides is 4. The molecule has 0 atom stereocenters. The van der Waals surface area contributed by atoms with Crippen molar-refractivity contribution in [3.8, 4) is 0 Å². The Hall–Kier alpha value is -2.98. The van der Waals surface area contributed by atoms with E-state index >= 15 is 0 Å². The van der Waals surface area contributed by atoms with Crippen molar-refractivity contribution in [3.05, 3.63) is 77.1 Å². The summed E-state index contributed by atoms with van der Waals surface area (Å²) in [4.78, 5) is 13.8. The van der Waals surface area contributed by atoms with Gasteiger partial charge < -0.3 is 15.5 Å². The molecule has 32 heavy (non-hydrogen) atoms. The van der Waals surface area contributed by atoms with Gasteiger partial charge in [-0.2, -0.15) is 18.2 Å². The Bertz CT molecular complexity index is 1090. The Morgan fingerprint density at radius 3 is 2.53 bits per heavy atom. The van der Waals surface area contributed by atoms with Crippen LogP contribution in [0.3, 0.4) is 0 Å². The number of nitrogens with zero attached hydrogens (tertiary/aromatic N) is 4. The Morgan fingerprint density at radius 1 is 1.19 bits per heavy atom. The SMILES string of the molecule is C=C(S)N(C)c1ncccc1CNc1nc(Nc2ccc(CCl)cc2)ncc1C(F)(F)F. The zero-order valence-corrected chi connectivity index (χ0v) is 18.6. The van der Waals surface area contributed by atoms with Crippen LogP contribution in [0.25, 0.3) is 0 Å². The van der Waals surface area contributed by atoms with Crippen LogP contribution >= 0.6 is 24.2 Å². The third kappa shape index (κ3) is 5.83. The minimum absolute atomic E-state index is 0.0198. The van der Waals surface area contributed by atoms with Crippen LogP contribution < -0.4 is 15.5 Å². The minimum atomic E-state index is -4.63. The monoisotopic (exact) mass is 480 g/mol. The van der Waals surface area contributed by atoms with Gasteiger partial charge in [-0.3, -0.25) is 0 Å². The van der Waals surface area contributed by atoms with E-state index in [0.717, 1.165) is 11.8 Å². The van der Waals surface area contributed by atoms with E-state index in [1.165, 1.54) is 0 Å². The predicted molar refractivity (Wildman–Crippen MR) is 124 cm³/mol. The summed E-state index contributed by atoms with van der Waals surface area (Å²) in [5.41, 5.74) is 1.20. The number of halogens is 4. The number of hydrogen-bond acceptors (Lipinski definition) is 7. The predicted octanol–water partition coefficient (Wildman–Crippen LogP) is 5.82. The maximum Gasteiger partial charge on any atom is 0.421 e. The molecule has 3 aromatic rings. The maximum atomic E-state index is 13.5. The lowest BCUT2D eigenvalue weighted by Crippen LogP contribution is -2.18. The summed E-state index contributed by atoms with van der Waals surface area (Å²) in [5, 5.41) is 6.11. The van der Waals surface area contributed by atoms with Gasteiger partial charge in [0.15, 0.2) is 0 Å². The lowest BCUT2D eigenvalue weighted by Gasteiger charge is -2.21. The average Bonchev–Trinajstić information content (AvgIpc) is 2.77. The molecule has 0 aliphatic rings. The summed E-state index contributed by atoms with van der Waals surface area (Å²) in [6, 6.07) is 10.5. The number of hydrogen-bond donors (Lipinski definition) is 3. The Kier molecular flexibility index (Phi) is 7.47. The highest BCUT2D eigenvalue weighted by molar-refractivity contribution is 7.84. The third-order valence-corrected chi connectivity index (χ3v) is 5.09. The van der Waals surface area contributed by atoms with E-state index in [4.69, 9.17) is 11.6 Å². The normalized spacial score (nSPS) is 11.2. The molecule has 0 saturated heterocycles.